The van der Waals surface area contributed by atoms with Crippen LogP contribution < -0.4 is 5.32 Å². The van der Waals surface area contributed by atoms with Crippen LogP contribution >= 0.6 is 11.3 Å². The van der Waals surface area contributed by atoms with Crippen LogP contribution in [0.3, 0.4) is 0 Å². The number of hydrogen-bond donors (Lipinski definition) is 2. The number of nitrogens with zero attached hydrogens (tertiary/aromatic N) is 1. The molecule has 1 saturated carbocycles. The Kier molecular flexibility index (Phi) is 4.24. The average molecular weight is 308 g/mol. The summed E-state index contributed by atoms with van der Waals surface area (Å²) in [6.45, 7) is 0.603. The number of hydrogen-bond acceptors (Lipinski definition) is 4. The number of carboxylic acids is 1. The Hall–Kier alpha value is -1.43. The van der Waals surface area contributed by atoms with Gasteiger partial charge in [0.15, 0.2) is 0 Å². The summed E-state index contributed by atoms with van der Waals surface area (Å²) in [5.74, 6) is -1.74. The molecule has 0 unspecified atom stereocenters. The molecule has 2 aliphatic rings. The molecule has 0 bridgehead atoms. The quantitative estimate of drug-likeness (QED) is 0.785. The third kappa shape index (κ3) is 3.43. The zero-order chi connectivity index (χ0) is 14.8. The van der Waals surface area contributed by atoms with Gasteiger partial charge in [-0.15, -0.1) is 11.3 Å². The summed E-state index contributed by atoms with van der Waals surface area (Å²) < 4.78 is 0. The van der Waals surface area contributed by atoms with Crippen molar-refractivity contribution in [1.82, 2.24) is 10.3 Å². The van der Waals surface area contributed by atoms with Crippen molar-refractivity contribution in [3.8, 4) is 0 Å². The van der Waals surface area contributed by atoms with Crippen LogP contribution in [0, 0.1) is 11.8 Å². The minimum atomic E-state index is -0.858. The summed E-state index contributed by atoms with van der Waals surface area (Å²) in [6.07, 6.45) is 7.05. The summed E-state index contributed by atoms with van der Waals surface area (Å²) in [5, 5.41) is 12.8. The van der Waals surface area contributed by atoms with Crippen LogP contribution in [0.5, 0.6) is 0 Å². The molecule has 3 rings (SSSR count). The Morgan fingerprint density at radius 1 is 1.29 bits per heavy atom. The zero-order valence-electron chi connectivity index (χ0n) is 11.9. The predicted octanol–water partition coefficient (Wildman–Crippen LogP) is 1.79. The maximum absolute atomic E-state index is 11.7. The monoisotopic (exact) mass is 308 g/mol. The second kappa shape index (κ2) is 6.13. The molecular weight excluding hydrogens is 288 g/mol. The third-order valence-corrected chi connectivity index (χ3v) is 5.42. The number of carbonyl (C=O) groups is 2. The molecule has 1 heterocycles. The lowest BCUT2D eigenvalue weighted by Gasteiger charge is -2.06. The molecule has 2 aliphatic carbocycles. The van der Waals surface area contributed by atoms with Gasteiger partial charge in [-0.2, -0.15) is 0 Å². The molecule has 0 spiro atoms. The zero-order valence-corrected chi connectivity index (χ0v) is 12.7. The fourth-order valence-corrected chi connectivity index (χ4v) is 4.05. The fourth-order valence-electron chi connectivity index (χ4n) is 2.85. The summed E-state index contributed by atoms with van der Waals surface area (Å²) in [5.41, 5.74) is 1.28. The highest BCUT2D eigenvalue weighted by atomic mass is 32.1. The molecule has 1 amide bonds. The first-order valence-electron chi connectivity index (χ1n) is 7.63. The van der Waals surface area contributed by atoms with E-state index in [1.165, 1.54) is 34.8 Å². The van der Waals surface area contributed by atoms with Crippen molar-refractivity contribution in [2.75, 3.05) is 6.54 Å². The van der Waals surface area contributed by atoms with Gasteiger partial charge >= 0.3 is 5.97 Å². The summed E-state index contributed by atoms with van der Waals surface area (Å²) in [6, 6.07) is 0. The number of thiazole rings is 1. The van der Waals surface area contributed by atoms with Crippen LogP contribution in [0.2, 0.25) is 0 Å². The van der Waals surface area contributed by atoms with E-state index in [1.54, 1.807) is 0 Å². The SMILES string of the molecule is O=C(NCCCc1nc2c(s1)CCCC2)[C@H]1C[C@H]1C(=O)O. The highest BCUT2D eigenvalue weighted by molar-refractivity contribution is 7.11. The van der Waals surface area contributed by atoms with E-state index >= 15 is 0 Å². The van der Waals surface area contributed by atoms with E-state index in [-0.39, 0.29) is 11.8 Å². The smallest absolute Gasteiger partial charge is 0.307 e. The van der Waals surface area contributed by atoms with Gasteiger partial charge in [0.1, 0.15) is 0 Å². The summed E-state index contributed by atoms with van der Waals surface area (Å²) >= 11 is 1.82. The number of nitrogens with one attached hydrogen (secondary N) is 1. The van der Waals surface area contributed by atoms with E-state index in [4.69, 9.17) is 5.11 Å². The highest BCUT2D eigenvalue weighted by Crippen LogP contribution is 2.38. The van der Waals surface area contributed by atoms with Crippen LogP contribution in [0.25, 0.3) is 0 Å². The van der Waals surface area contributed by atoms with Gasteiger partial charge in [0.05, 0.1) is 22.5 Å². The number of aryl methyl sites for hydroxylation is 3. The largest absolute Gasteiger partial charge is 0.481 e. The van der Waals surface area contributed by atoms with Gasteiger partial charge in [0.2, 0.25) is 5.91 Å². The molecule has 2 atom stereocenters. The second-order valence-electron chi connectivity index (χ2n) is 5.87. The van der Waals surface area contributed by atoms with Gasteiger partial charge in [-0.1, -0.05) is 0 Å². The molecule has 21 heavy (non-hydrogen) atoms. The van der Waals surface area contributed by atoms with Crippen molar-refractivity contribution in [3.63, 3.8) is 0 Å². The number of aromatic nitrogens is 1. The molecular formula is C15H20N2O3S. The van der Waals surface area contributed by atoms with Crippen LogP contribution in [0.1, 0.15) is 41.3 Å². The molecule has 1 aromatic heterocycles. The Morgan fingerprint density at radius 2 is 2.10 bits per heavy atom. The lowest BCUT2D eigenvalue weighted by molar-refractivity contribution is -0.140. The van der Waals surface area contributed by atoms with Crippen LogP contribution in [-0.2, 0) is 28.9 Å². The van der Waals surface area contributed by atoms with Gasteiger partial charge in [0.25, 0.3) is 0 Å². The number of amides is 1. The van der Waals surface area contributed by atoms with Crippen LogP contribution in [-0.4, -0.2) is 28.5 Å². The Balaban J connectivity index is 1.38. The lowest BCUT2D eigenvalue weighted by Crippen LogP contribution is -2.27. The predicted molar refractivity (Wildman–Crippen MR) is 79.3 cm³/mol. The average Bonchev–Trinajstić information content (AvgIpc) is 3.17. The minimum absolute atomic E-state index is 0.110. The van der Waals surface area contributed by atoms with Gasteiger partial charge in [0, 0.05) is 17.8 Å². The van der Waals surface area contributed by atoms with Gasteiger partial charge in [-0.05, 0) is 38.5 Å². The van der Waals surface area contributed by atoms with Crippen molar-refractivity contribution >= 4 is 23.2 Å². The molecule has 2 N–H and O–H groups in total. The molecule has 0 radical (unpaired) electrons. The number of carboxylic acid groups (broad SMARTS) is 1. The molecule has 0 aliphatic heterocycles. The second-order valence-corrected chi connectivity index (χ2v) is 7.03. The minimum Gasteiger partial charge on any atom is -0.481 e. The van der Waals surface area contributed by atoms with Crippen LogP contribution in [0.4, 0.5) is 0 Å². The number of fused-ring (bicyclic) bond motifs is 1. The van der Waals surface area contributed by atoms with E-state index in [2.05, 4.69) is 10.3 Å². The molecule has 6 heteroatoms. The lowest BCUT2D eigenvalue weighted by atomic mass is 10.0. The van der Waals surface area contributed by atoms with Gasteiger partial charge in [-0.3, -0.25) is 9.59 Å². The van der Waals surface area contributed by atoms with Crippen molar-refractivity contribution < 1.29 is 14.7 Å². The van der Waals surface area contributed by atoms with E-state index in [1.807, 2.05) is 11.3 Å². The first kappa shape index (κ1) is 14.5. The Labute approximate surface area is 127 Å². The maximum Gasteiger partial charge on any atom is 0.307 e. The van der Waals surface area contributed by atoms with Gasteiger partial charge in [-0.25, -0.2) is 4.98 Å². The Bertz CT molecular complexity index is 532. The molecule has 114 valence electrons. The van der Waals surface area contributed by atoms with Crippen LogP contribution in [0.15, 0.2) is 0 Å². The van der Waals surface area contributed by atoms with Crippen molar-refractivity contribution in [3.05, 3.63) is 15.6 Å². The summed E-state index contributed by atoms with van der Waals surface area (Å²) in [4.78, 5) is 28.5. The molecule has 5 nitrogen and oxygen atoms in total. The van der Waals surface area contributed by atoms with E-state index in [9.17, 15) is 9.59 Å². The topological polar surface area (TPSA) is 79.3 Å². The number of rotatable bonds is 6. The molecule has 0 saturated heterocycles. The molecule has 1 fully saturated rings. The Morgan fingerprint density at radius 3 is 2.81 bits per heavy atom. The standard InChI is InChI=1S/C15H20N2O3S/c18-14(9-8-10(9)15(19)20)16-7-3-6-13-17-11-4-1-2-5-12(11)21-13/h9-10H,1-8H2,(H,16,18)(H,19,20)/t9-,10+/m0/s1. The van der Waals surface area contributed by atoms with E-state index < -0.39 is 11.9 Å². The molecule has 1 aromatic rings. The summed E-state index contributed by atoms with van der Waals surface area (Å²) in [7, 11) is 0. The van der Waals surface area contributed by atoms with E-state index in [0.29, 0.717) is 13.0 Å². The van der Waals surface area contributed by atoms with Crippen molar-refractivity contribution in [1.29, 1.82) is 0 Å². The first-order valence-corrected chi connectivity index (χ1v) is 8.45. The third-order valence-electron chi connectivity index (χ3n) is 4.20. The van der Waals surface area contributed by atoms with Crippen molar-refractivity contribution in [2.45, 2.75) is 44.9 Å². The first-order chi connectivity index (χ1) is 10.1. The normalized spacial score (nSPS) is 23.4. The van der Waals surface area contributed by atoms with Crippen molar-refractivity contribution in [2.24, 2.45) is 11.8 Å². The fraction of sp³-hybridized carbons (Fsp3) is 0.667. The molecule has 0 aromatic carbocycles. The van der Waals surface area contributed by atoms with Gasteiger partial charge < -0.3 is 10.4 Å². The van der Waals surface area contributed by atoms with E-state index in [0.717, 1.165) is 19.3 Å². The highest BCUT2D eigenvalue weighted by Gasteiger charge is 2.48. The maximum atomic E-state index is 11.7. The number of aliphatic carboxylic acids is 1. The number of carbonyl (C=O) groups excluding carboxylic acids is 1.